The van der Waals surface area contributed by atoms with E-state index in [4.69, 9.17) is 10.2 Å². The molecule has 0 aliphatic rings. The third kappa shape index (κ3) is 12.2. The van der Waals surface area contributed by atoms with Gasteiger partial charge < -0.3 is 0 Å². The van der Waals surface area contributed by atoms with Crippen LogP contribution in [0.5, 0.6) is 0 Å². The van der Waals surface area contributed by atoms with E-state index in [2.05, 4.69) is 101 Å². The van der Waals surface area contributed by atoms with Crippen molar-refractivity contribution < 1.29 is 0 Å². The summed E-state index contributed by atoms with van der Waals surface area (Å²) in [7, 11) is 0. The molecule has 0 aliphatic heterocycles. The zero-order valence-electron chi connectivity index (χ0n) is 28.8. The first-order valence-electron chi connectivity index (χ1n) is 18.1. The second kappa shape index (κ2) is 20.9. The lowest BCUT2D eigenvalue weighted by molar-refractivity contribution is 0.606. The molecule has 0 N–H and O–H groups in total. The average molecular weight is 593 g/mol. The Kier molecular flexibility index (Phi) is 16.8. The Morgan fingerprint density at radius 1 is 0.614 bits per heavy atom. The summed E-state index contributed by atoms with van der Waals surface area (Å²) in [5.41, 5.74) is 11.7. The fourth-order valence-electron chi connectivity index (χ4n) is 6.11. The molecule has 0 saturated heterocycles. The number of hydrogen-bond donors (Lipinski definition) is 0. The first-order chi connectivity index (χ1) is 21.6. The maximum atomic E-state index is 4.90. The summed E-state index contributed by atoms with van der Waals surface area (Å²) < 4.78 is 0. The molecule has 0 saturated carbocycles. The van der Waals surface area contributed by atoms with Gasteiger partial charge in [0, 0.05) is 0 Å². The molecular weight excluding hydrogens is 532 g/mol. The predicted octanol–water partition coefficient (Wildman–Crippen LogP) is 13.8. The zero-order chi connectivity index (χ0) is 31.4. The Morgan fingerprint density at radius 2 is 1.27 bits per heavy atom. The lowest BCUT2D eigenvalue weighted by atomic mass is 9.89. The van der Waals surface area contributed by atoms with Crippen LogP contribution >= 0.6 is 0 Å². The maximum absolute atomic E-state index is 4.90. The highest BCUT2D eigenvalue weighted by molar-refractivity contribution is 5.73. The van der Waals surface area contributed by atoms with Gasteiger partial charge in [0.05, 0.1) is 11.4 Å². The summed E-state index contributed by atoms with van der Waals surface area (Å²) in [5.74, 6) is 0. The first kappa shape index (κ1) is 35.5. The Bertz CT molecular complexity index is 1280. The largest absolute Gasteiger partial charge is 0.155 e. The molecule has 0 aromatic heterocycles. The average Bonchev–Trinajstić information content (AvgIpc) is 3.06. The van der Waals surface area contributed by atoms with E-state index < -0.39 is 0 Å². The summed E-state index contributed by atoms with van der Waals surface area (Å²) in [6.07, 6.45) is 23.1. The van der Waals surface area contributed by atoms with Gasteiger partial charge in [-0.3, -0.25) is 0 Å². The van der Waals surface area contributed by atoms with Crippen LogP contribution in [0.4, 0.5) is 5.69 Å². The van der Waals surface area contributed by atoms with Crippen LogP contribution in [0.25, 0.3) is 17.2 Å². The molecule has 0 heterocycles. The van der Waals surface area contributed by atoms with Gasteiger partial charge in [-0.2, -0.15) is 10.2 Å². The van der Waals surface area contributed by atoms with Crippen molar-refractivity contribution in [3.8, 4) is 11.1 Å². The molecule has 0 atom stereocenters. The van der Waals surface area contributed by atoms with Crippen LogP contribution in [-0.2, 0) is 25.7 Å². The number of unbranched alkanes of at least 4 members (excludes halogenated alkanes) is 9. The minimum absolute atomic E-state index is 0.858. The second-order valence-corrected chi connectivity index (χ2v) is 12.6. The topological polar surface area (TPSA) is 24.7 Å². The number of hydrogen-bond acceptors (Lipinski definition) is 2. The Hall–Kier alpha value is -3.00. The molecule has 2 heteroatoms. The SMILES string of the molecule is CCCCCCCCc1cc(N=NC(=Cc2cc(CC)cc(CCCCCC)c2)CC)cc(-c2ccccc2)c1CCCC. The summed E-state index contributed by atoms with van der Waals surface area (Å²) >= 11 is 0. The fourth-order valence-corrected chi connectivity index (χ4v) is 6.11. The van der Waals surface area contributed by atoms with E-state index in [0.717, 1.165) is 43.5 Å². The van der Waals surface area contributed by atoms with Crippen molar-refractivity contribution in [1.29, 1.82) is 0 Å². The Labute approximate surface area is 270 Å². The van der Waals surface area contributed by atoms with Crippen molar-refractivity contribution in [1.82, 2.24) is 0 Å². The summed E-state index contributed by atoms with van der Waals surface area (Å²) in [6, 6.07) is 22.6. The Balaban J connectivity index is 1.93. The number of benzene rings is 3. The first-order valence-corrected chi connectivity index (χ1v) is 18.1. The highest BCUT2D eigenvalue weighted by atomic mass is 15.1. The molecule has 0 fully saturated rings. The molecular formula is C42H60N2. The fraction of sp³-hybridized carbons (Fsp3) is 0.524. The maximum Gasteiger partial charge on any atom is 0.0866 e. The van der Waals surface area contributed by atoms with Gasteiger partial charge in [0.25, 0.3) is 0 Å². The standard InChI is InChI=1S/C42H60N2/c1-6-11-14-16-17-20-26-38-32-40(33-42(41(38)27-13-8-3)37-24-21-18-22-25-37)44-43-39(10-5)31-36-29-34(9-4)28-35(30-36)23-19-15-12-7-2/h18,21-22,24-25,28-33H,6-17,19-20,23,26-27H2,1-5H3. The van der Waals surface area contributed by atoms with Gasteiger partial charge in [-0.05, 0) is 109 Å². The zero-order valence-corrected chi connectivity index (χ0v) is 28.8. The number of allylic oxidation sites excluding steroid dienone is 1. The number of nitrogens with zero attached hydrogens (tertiary/aromatic N) is 2. The monoisotopic (exact) mass is 592 g/mol. The summed E-state index contributed by atoms with van der Waals surface area (Å²) in [5, 5.41) is 9.77. The van der Waals surface area contributed by atoms with Crippen molar-refractivity contribution >= 4 is 11.8 Å². The van der Waals surface area contributed by atoms with Crippen LogP contribution < -0.4 is 0 Å². The van der Waals surface area contributed by atoms with Crippen LogP contribution in [0.3, 0.4) is 0 Å². The molecule has 44 heavy (non-hydrogen) atoms. The molecule has 0 bridgehead atoms. The minimum atomic E-state index is 0.858. The summed E-state index contributed by atoms with van der Waals surface area (Å²) in [4.78, 5) is 0. The molecule has 0 radical (unpaired) electrons. The van der Waals surface area contributed by atoms with Gasteiger partial charge in [-0.25, -0.2) is 0 Å². The normalized spacial score (nSPS) is 12.0. The van der Waals surface area contributed by atoms with E-state index in [-0.39, 0.29) is 0 Å². The predicted molar refractivity (Wildman–Crippen MR) is 194 cm³/mol. The lowest BCUT2D eigenvalue weighted by Gasteiger charge is -2.17. The highest BCUT2D eigenvalue weighted by Crippen LogP contribution is 2.34. The third-order valence-corrected chi connectivity index (χ3v) is 8.78. The van der Waals surface area contributed by atoms with Crippen molar-refractivity contribution in [3.05, 3.63) is 94.2 Å². The molecule has 3 aromatic rings. The van der Waals surface area contributed by atoms with E-state index in [0.29, 0.717) is 0 Å². The van der Waals surface area contributed by atoms with E-state index in [1.165, 1.54) is 116 Å². The second-order valence-electron chi connectivity index (χ2n) is 12.6. The van der Waals surface area contributed by atoms with Gasteiger partial charge in [-0.1, -0.05) is 141 Å². The van der Waals surface area contributed by atoms with Crippen LogP contribution in [0.2, 0.25) is 0 Å². The minimum Gasteiger partial charge on any atom is -0.155 e. The number of aryl methyl sites for hydroxylation is 3. The van der Waals surface area contributed by atoms with Crippen molar-refractivity contribution in [2.24, 2.45) is 10.2 Å². The summed E-state index contributed by atoms with van der Waals surface area (Å²) in [6.45, 7) is 11.3. The van der Waals surface area contributed by atoms with Crippen LogP contribution in [-0.4, -0.2) is 0 Å². The van der Waals surface area contributed by atoms with E-state index in [9.17, 15) is 0 Å². The van der Waals surface area contributed by atoms with Crippen LogP contribution in [0.1, 0.15) is 146 Å². The van der Waals surface area contributed by atoms with Crippen LogP contribution in [0, 0.1) is 0 Å². The number of azo groups is 1. The van der Waals surface area contributed by atoms with Gasteiger partial charge in [-0.15, -0.1) is 0 Å². The molecule has 3 rings (SSSR count). The molecule has 3 aromatic carbocycles. The van der Waals surface area contributed by atoms with Gasteiger partial charge in [0.1, 0.15) is 0 Å². The molecule has 0 unspecified atom stereocenters. The molecule has 0 aliphatic carbocycles. The van der Waals surface area contributed by atoms with E-state index >= 15 is 0 Å². The smallest absolute Gasteiger partial charge is 0.0866 e. The highest BCUT2D eigenvalue weighted by Gasteiger charge is 2.13. The molecule has 0 amide bonds. The molecule has 2 nitrogen and oxygen atoms in total. The van der Waals surface area contributed by atoms with Crippen molar-refractivity contribution in [3.63, 3.8) is 0 Å². The quantitative estimate of drug-likeness (QED) is 0.0868. The van der Waals surface area contributed by atoms with Gasteiger partial charge in [0.2, 0.25) is 0 Å². The van der Waals surface area contributed by atoms with E-state index in [1.54, 1.807) is 0 Å². The Morgan fingerprint density at radius 3 is 1.98 bits per heavy atom. The number of rotatable bonds is 21. The molecule has 238 valence electrons. The van der Waals surface area contributed by atoms with Crippen molar-refractivity contribution in [2.75, 3.05) is 0 Å². The third-order valence-electron chi connectivity index (χ3n) is 8.78. The van der Waals surface area contributed by atoms with Crippen LogP contribution in [0.15, 0.2) is 76.6 Å². The van der Waals surface area contributed by atoms with Gasteiger partial charge >= 0.3 is 0 Å². The van der Waals surface area contributed by atoms with Crippen molar-refractivity contribution in [2.45, 2.75) is 144 Å². The van der Waals surface area contributed by atoms with E-state index in [1.807, 2.05) is 0 Å². The molecule has 0 spiro atoms. The lowest BCUT2D eigenvalue weighted by Crippen LogP contribution is -1.99. The van der Waals surface area contributed by atoms with Gasteiger partial charge in [0.15, 0.2) is 0 Å².